The summed E-state index contributed by atoms with van der Waals surface area (Å²) in [5.41, 5.74) is 2.57. The summed E-state index contributed by atoms with van der Waals surface area (Å²) in [5, 5.41) is 3.73. The lowest BCUT2D eigenvalue weighted by molar-refractivity contribution is 0.0923. The highest BCUT2D eigenvalue weighted by atomic mass is 19.1. The Morgan fingerprint density at radius 2 is 1.84 bits per heavy atom. The van der Waals surface area contributed by atoms with Crippen molar-refractivity contribution >= 4 is 12.1 Å². The molecule has 0 spiro atoms. The predicted molar refractivity (Wildman–Crippen MR) is 90.9 cm³/mol. The number of furan rings is 1. The zero-order chi connectivity index (χ0) is 17.5. The third kappa shape index (κ3) is 4.54. The molecule has 0 bridgehead atoms. The number of rotatable bonds is 6. The summed E-state index contributed by atoms with van der Waals surface area (Å²) in [6, 6.07) is 18.6. The molecule has 3 aromatic rings. The first-order valence-electron chi connectivity index (χ1n) is 7.57. The van der Waals surface area contributed by atoms with Crippen LogP contribution in [0, 0.1) is 5.82 Å². The molecule has 0 saturated carbocycles. The van der Waals surface area contributed by atoms with Crippen LogP contribution in [0.2, 0.25) is 0 Å². The standard InChI is InChI=1S/C19H15FN2O3/c20-17-9-5-4-6-14(17)12-21-22-19(23)18-11-10-16(25-18)13-24-15-7-2-1-3-8-15/h1-12H,13H2,(H,22,23)/b21-12-. The van der Waals surface area contributed by atoms with Gasteiger partial charge in [-0.15, -0.1) is 0 Å². The molecular formula is C19H15FN2O3. The highest BCUT2D eigenvalue weighted by molar-refractivity contribution is 5.92. The second-order valence-electron chi connectivity index (χ2n) is 5.09. The average molecular weight is 338 g/mol. The molecule has 25 heavy (non-hydrogen) atoms. The quantitative estimate of drug-likeness (QED) is 0.550. The van der Waals surface area contributed by atoms with Gasteiger partial charge in [0.05, 0.1) is 6.21 Å². The van der Waals surface area contributed by atoms with E-state index in [0.717, 1.165) is 0 Å². The van der Waals surface area contributed by atoms with Crippen molar-refractivity contribution < 1.29 is 18.3 Å². The molecule has 0 unspecified atom stereocenters. The predicted octanol–water partition coefficient (Wildman–Crippen LogP) is 3.76. The van der Waals surface area contributed by atoms with Gasteiger partial charge in [0, 0.05) is 5.56 Å². The number of carbonyl (C=O) groups is 1. The molecule has 126 valence electrons. The van der Waals surface area contributed by atoms with Crippen LogP contribution in [0.3, 0.4) is 0 Å². The first-order chi connectivity index (χ1) is 12.2. The van der Waals surface area contributed by atoms with Gasteiger partial charge in [-0.1, -0.05) is 36.4 Å². The number of ether oxygens (including phenoxy) is 1. The zero-order valence-electron chi connectivity index (χ0n) is 13.2. The summed E-state index contributed by atoms with van der Waals surface area (Å²) < 4.78 is 24.4. The van der Waals surface area contributed by atoms with Gasteiger partial charge in [0.2, 0.25) is 0 Å². The Labute approximate surface area is 143 Å². The molecule has 2 aromatic carbocycles. The maximum atomic E-state index is 13.4. The summed E-state index contributed by atoms with van der Waals surface area (Å²) in [6.07, 6.45) is 1.23. The highest BCUT2D eigenvalue weighted by Gasteiger charge is 2.10. The van der Waals surface area contributed by atoms with Crippen molar-refractivity contribution in [1.29, 1.82) is 0 Å². The Morgan fingerprint density at radius 1 is 1.08 bits per heavy atom. The first kappa shape index (κ1) is 16.4. The minimum absolute atomic E-state index is 0.0948. The first-order valence-corrected chi connectivity index (χ1v) is 7.57. The molecule has 6 heteroatoms. The van der Waals surface area contributed by atoms with E-state index in [1.807, 2.05) is 30.3 Å². The second kappa shape index (κ2) is 7.92. The summed E-state index contributed by atoms with van der Waals surface area (Å²) in [6.45, 7) is 0.204. The maximum Gasteiger partial charge on any atom is 0.307 e. The number of hydrogen-bond acceptors (Lipinski definition) is 4. The Balaban J connectivity index is 1.54. The van der Waals surface area contributed by atoms with Gasteiger partial charge in [0.25, 0.3) is 0 Å². The fraction of sp³-hybridized carbons (Fsp3) is 0.0526. The fourth-order valence-electron chi connectivity index (χ4n) is 2.04. The van der Waals surface area contributed by atoms with Crippen LogP contribution in [0.15, 0.2) is 76.2 Å². The van der Waals surface area contributed by atoms with Crippen LogP contribution < -0.4 is 10.2 Å². The van der Waals surface area contributed by atoms with Crippen LogP contribution >= 0.6 is 0 Å². The van der Waals surface area contributed by atoms with E-state index in [2.05, 4.69) is 10.5 Å². The van der Waals surface area contributed by atoms with Gasteiger partial charge in [0.1, 0.15) is 23.9 Å². The lowest BCUT2D eigenvalue weighted by Gasteiger charge is -2.03. The number of amides is 1. The van der Waals surface area contributed by atoms with Crippen LogP contribution in [0.1, 0.15) is 21.9 Å². The lowest BCUT2D eigenvalue weighted by Crippen LogP contribution is -2.16. The number of nitrogens with zero attached hydrogens (tertiary/aromatic N) is 1. The molecule has 0 aliphatic rings. The van der Waals surface area contributed by atoms with Crippen LogP contribution in [-0.2, 0) is 6.61 Å². The number of hydrogen-bond donors (Lipinski definition) is 1. The van der Waals surface area contributed by atoms with Gasteiger partial charge in [0.15, 0.2) is 5.76 Å². The highest BCUT2D eigenvalue weighted by Crippen LogP contribution is 2.14. The third-order valence-electron chi connectivity index (χ3n) is 3.28. The molecule has 0 aliphatic heterocycles. The second-order valence-corrected chi connectivity index (χ2v) is 5.09. The molecular weight excluding hydrogens is 323 g/mol. The Morgan fingerprint density at radius 3 is 2.64 bits per heavy atom. The summed E-state index contributed by atoms with van der Waals surface area (Å²) in [7, 11) is 0. The van der Waals surface area contributed by atoms with E-state index in [1.165, 1.54) is 18.3 Å². The minimum Gasteiger partial charge on any atom is -0.486 e. The monoisotopic (exact) mass is 338 g/mol. The summed E-state index contributed by atoms with van der Waals surface area (Å²) >= 11 is 0. The van der Waals surface area contributed by atoms with E-state index in [9.17, 15) is 9.18 Å². The molecule has 0 atom stereocenters. The molecule has 1 N–H and O–H groups in total. The number of benzene rings is 2. The van der Waals surface area contributed by atoms with Crippen molar-refractivity contribution in [2.45, 2.75) is 6.61 Å². The number of hydrazone groups is 1. The van der Waals surface area contributed by atoms with Gasteiger partial charge >= 0.3 is 5.91 Å². The molecule has 0 fully saturated rings. The van der Waals surface area contributed by atoms with Crippen LogP contribution in [0.5, 0.6) is 5.75 Å². The number of carbonyl (C=O) groups excluding carboxylic acids is 1. The largest absolute Gasteiger partial charge is 0.486 e. The normalized spacial score (nSPS) is 10.8. The van der Waals surface area contributed by atoms with Crippen LogP contribution in [0.25, 0.3) is 0 Å². The van der Waals surface area contributed by atoms with Gasteiger partial charge in [-0.25, -0.2) is 9.82 Å². The lowest BCUT2D eigenvalue weighted by atomic mass is 10.2. The smallest absolute Gasteiger partial charge is 0.307 e. The minimum atomic E-state index is -0.529. The summed E-state index contributed by atoms with van der Waals surface area (Å²) in [4.78, 5) is 12.0. The van der Waals surface area contributed by atoms with Gasteiger partial charge in [-0.05, 0) is 30.3 Å². The van der Waals surface area contributed by atoms with Crippen LogP contribution in [0.4, 0.5) is 4.39 Å². The van der Waals surface area contributed by atoms with E-state index in [-0.39, 0.29) is 17.9 Å². The molecule has 1 amide bonds. The van der Waals surface area contributed by atoms with Crippen molar-refractivity contribution in [3.63, 3.8) is 0 Å². The molecule has 0 saturated heterocycles. The topological polar surface area (TPSA) is 63.8 Å². The molecule has 1 aromatic heterocycles. The van der Waals surface area contributed by atoms with E-state index >= 15 is 0 Å². The molecule has 1 heterocycles. The van der Waals surface area contributed by atoms with Crippen molar-refractivity contribution in [2.24, 2.45) is 5.10 Å². The van der Waals surface area contributed by atoms with Crippen molar-refractivity contribution in [2.75, 3.05) is 0 Å². The number of nitrogens with one attached hydrogen (secondary N) is 1. The van der Waals surface area contributed by atoms with E-state index in [0.29, 0.717) is 11.5 Å². The Hall–Kier alpha value is -3.41. The molecule has 5 nitrogen and oxygen atoms in total. The maximum absolute atomic E-state index is 13.4. The molecule has 0 radical (unpaired) electrons. The van der Waals surface area contributed by atoms with Crippen molar-refractivity contribution in [1.82, 2.24) is 5.43 Å². The fourth-order valence-corrected chi connectivity index (χ4v) is 2.04. The van der Waals surface area contributed by atoms with Crippen LogP contribution in [-0.4, -0.2) is 12.1 Å². The SMILES string of the molecule is O=C(N/N=C\c1ccccc1F)c1ccc(COc2ccccc2)o1. The van der Waals surface area contributed by atoms with Crippen molar-refractivity contribution in [3.05, 3.63) is 89.6 Å². The van der Waals surface area contributed by atoms with Gasteiger partial charge in [-0.2, -0.15) is 5.10 Å². The van der Waals surface area contributed by atoms with Gasteiger partial charge < -0.3 is 9.15 Å². The number of halogens is 1. The van der Waals surface area contributed by atoms with E-state index in [1.54, 1.807) is 24.3 Å². The van der Waals surface area contributed by atoms with E-state index < -0.39 is 11.7 Å². The molecule has 3 rings (SSSR count). The van der Waals surface area contributed by atoms with Gasteiger partial charge in [-0.3, -0.25) is 4.79 Å². The third-order valence-corrected chi connectivity index (χ3v) is 3.28. The van der Waals surface area contributed by atoms with E-state index in [4.69, 9.17) is 9.15 Å². The molecule has 0 aliphatic carbocycles. The zero-order valence-corrected chi connectivity index (χ0v) is 13.2. The Kier molecular flexibility index (Phi) is 5.21. The average Bonchev–Trinajstić information content (AvgIpc) is 3.11. The Bertz CT molecular complexity index is 875. The van der Waals surface area contributed by atoms with Crippen molar-refractivity contribution in [3.8, 4) is 5.75 Å². The summed E-state index contributed by atoms with van der Waals surface area (Å²) in [5.74, 6) is 0.362. The number of para-hydroxylation sites is 1.